The lowest BCUT2D eigenvalue weighted by Gasteiger charge is -2.15. The second-order valence-corrected chi connectivity index (χ2v) is 8.95. The number of benzene rings is 2. The molecule has 0 bridgehead atoms. The topological polar surface area (TPSA) is 107 Å². The van der Waals surface area contributed by atoms with Crippen molar-refractivity contribution in [1.29, 1.82) is 0 Å². The molecule has 0 aliphatic carbocycles. The Kier molecular flexibility index (Phi) is 7.17. The first-order valence-electron chi connectivity index (χ1n) is 10.8. The van der Waals surface area contributed by atoms with Crippen LogP contribution in [0, 0.1) is 0 Å². The lowest BCUT2D eigenvalue weighted by Crippen LogP contribution is -2.14. The molecule has 0 radical (unpaired) electrons. The zero-order valence-corrected chi connectivity index (χ0v) is 20.1. The summed E-state index contributed by atoms with van der Waals surface area (Å²) >= 11 is 1.22. The van der Waals surface area contributed by atoms with Crippen LogP contribution in [0.5, 0.6) is 22.3 Å². The lowest BCUT2D eigenvalue weighted by molar-refractivity contribution is 0.102. The highest BCUT2D eigenvalue weighted by atomic mass is 32.1. The molecule has 0 spiro atoms. The van der Waals surface area contributed by atoms with E-state index in [9.17, 15) is 4.79 Å². The Morgan fingerprint density at radius 1 is 1.00 bits per heavy atom. The lowest BCUT2D eigenvalue weighted by atomic mass is 10.2. The van der Waals surface area contributed by atoms with Crippen LogP contribution in [-0.2, 0) is 0 Å². The van der Waals surface area contributed by atoms with E-state index in [-0.39, 0.29) is 18.1 Å². The highest BCUT2D eigenvalue weighted by molar-refractivity contribution is 7.17. The van der Waals surface area contributed by atoms with Gasteiger partial charge in [0.2, 0.25) is 5.06 Å². The Hall–Kier alpha value is -3.79. The summed E-state index contributed by atoms with van der Waals surface area (Å²) in [5.41, 5.74) is 1.23. The van der Waals surface area contributed by atoms with Gasteiger partial charge >= 0.3 is 0 Å². The van der Waals surface area contributed by atoms with Gasteiger partial charge in [0.15, 0.2) is 17.6 Å². The van der Waals surface area contributed by atoms with Gasteiger partial charge in [-0.15, -0.1) is 5.11 Å². The minimum absolute atomic E-state index is 0.0359. The molecular formula is C24H25N5O4S. The summed E-state index contributed by atoms with van der Waals surface area (Å²) in [6.45, 7) is 8.04. The molecule has 2 heterocycles. The van der Waals surface area contributed by atoms with Crippen molar-refractivity contribution in [1.82, 2.24) is 4.98 Å². The molecular weight excluding hydrogens is 454 g/mol. The average Bonchev–Trinajstić information content (AvgIpc) is 3.45. The first kappa shape index (κ1) is 23.4. The molecule has 0 saturated heterocycles. The number of azo groups is 1. The van der Waals surface area contributed by atoms with E-state index in [2.05, 4.69) is 25.5 Å². The number of hydrogen-bond donors (Lipinski definition) is 1. The second-order valence-electron chi connectivity index (χ2n) is 7.96. The number of amides is 1. The Morgan fingerprint density at radius 2 is 1.74 bits per heavy atom. The van der Waals surface area contributed by atoms with Gasteiger partial charge in [-0.05, 0) is 52.0 Å². The highest BCUT2D eigenvalue weighted by Gasteiger charge is 2.15. The van der Waals surface area contributed by atoms with E-state index < -0.39 is 0 Å². The fraction of sp³-hybridized carbons (Fsp3) is 0.292. The largest absolute Gasteiger partial charge is 0.491 e. The van der Waals surface area contributed by atoms with Crippen molar-refractivity contribution in [2.45, 2.75) is 39.9 Å². The summed E-state index contributed by atoms with van der Waals surface area (Å²) < 4.78 is 17.5. The highest BCUT2D eigenvalue weighted by Crippen LogP contribution is 2.32. The van der Waals surface area contributed by atoms with Gasteiger partial charge in [-0.1, -0.05) is 23.5 Å². The SMILES string of the molecule is CC(C)Oc1cc(OC(C)C)cc(C(=O)Nc2ncc(Oc3cccc(C4=NCN=N4)c3)s2)c1. The monoisotopic (exact) mass is 479 g/mol. The van der Waals surface area contributed by atoms with Gasteiger partial charge < -0.3 is 14.2 Å². The van der Waals surface area contributed by atoms with Crippen LogP contribution in [0.15, 0.2) is 63.9 Å². The minimum atomic E-state index is -0.324. The molecule has 0 saturated carbocycles. The van der Waals surface area contributed by atoms with Crippen LogP contribution in [0.2, 0.25) is 0 Å². The molecule has 1 amide bonds. The Bertz CT molecular complexity index is 1210. The molecule has 1 aromatic heterocycles. The molecule has 34 heavy (non-hydrogen) atoms. The maximum atomic E-state index is 12.9. The fourth-order valence-electron chi connectivity index (χ4n) is 3.11. The fourth-order valence-corrected chi connectivity index (χ4v) is 3.79. The van der Waals surface area contributed by atoms with E-state index in [0.717, 1.165) is 5.56 Å². The average molecular weight is 480 g/mol. The molecule has 2 aromatic carbocycles. The molecule has 1 N–H and O–H groups in total. The van der Waals surface area contributed by atoms with Gasteiger partial charge in [0, 0.05) is 17.2 Å². The molecule has 1 aliphatic rings. The summed E-state index contributed by atoms with van der Waals surface area (Å²) in [5, 5.41) is 11.6. The summed E-state index contributed by atoms with van der Waals surface area (Å²) in [6, 6.07) is 12.5. The standard InChI is InChI=1S/C24H25N5O4S/c1-14(2)31-19-9-17(10-20(11-19)32-15(3)4)23(30)28-24-25-12-21(34-24)33-18-7-5-6-16(8-18)22-26-13-27-29-22/h5-12,14-15H,13H2,1-4H3,(H,25,28,30). The molecule has 0 atom stereocenters. The number of thiazole rings is 1. The number of carbonyl (C=O) groups excluding carboxylic acids is 1. The maximum Gasteiger partial charge on any atom is 0.257 e. The van der Waals surface area contributed by atoms with E-state index in [1.165, 1.54) is 11.3 Å². The van der Waals surface area contributed by atoms with E-state index in [4.69, 9.17) is 14.2 Å². The van der Waals surface area contributed by atoms with Gasteiger partial charge in [-0.2, -0.15) is 5.11 Å². The van der Waals surface area contributed by atoms with Crippen molar-refractivity contribution in [2.75, 3.05) is 12.0 Å². The van der Waals surface area contributed by atoms with Crippen molar-refractivity contribution in [3.05, 3.63) is 59.8 Å². The number of aromatic nitrogens is 1. The van der Waals surface area contributed by atoms with Crippen LogP contribution in [0.1, 0.15) is 43.6 Å². The molecule has 0 fully saturated rings. The van der Waals surface area contributed by atoms with Crippen LogP contribution in [0.3, 0.4) is 0 Å². The van der Waals surface area contributed by atoms with E-state index in [0.29, 0.717) is 45.5 Å². The first-order valence-corrected chi connectivity index (χ1v) is 11.6. The van der Waals surface area contributed by atoms with Crippen molar-refractivity contribution in [3.8, 4) is 22.3 Å². The number of amidine groups is 1. The normalized spacial score (nSPS) is 12.7. The van der Waals surface area contributed by atoms with Crippen LogP contribution >= 0.6 is 11.3 Å². The van der Waals surface area contributed by atoms with E-state index in [1.54, 1.807) is 24.4 Å². The van der Waals surface area contributed by atoms with E-state index in [1.807, 2.05) is 52.0 Å². The van der Waals surface area contributed by atoms with Crippen molar-refractivity contribution < 1.29 is 19.0 Å². The third-order valence-electron chi connectivity index (χ3n) is 4.35. The van der Waals surface area contributed by atoms with Gasteiger partial charge in [-0.25, -0.2) is 9.98 Å². The first-order chi connectivity index (χ1) is 16.4. The molecule has 176 valence electrons. The third-order valence-corrected chi connectivity index (χ3v) is 5.14. The van der Waals surface area contributed by atoms with Crippen LogP contribution in [0.25, 0.3) is 0 Å². The number of rotatable bonds is 9. The van der Waals surface area contributed by atoms with Crippen LogP contribution in [0.4, 0.5) is 5.13 Å². The molecule has 1 aliphatic heterocycles. The Morgan fingerprint density at radius 3 is 2.38 bits per heavy atom. The summed E-state index contributed by atoms with van der Waals surface area (Å²) in [5.74, 6) is 1.99. The maximum absolute atomic E-state index is 12.9. The zero-order chi connectivity index (χ0) is 24.1. The number of nitrogens with one attached hydrogen (secondary N) is 1. The third kappa shape index (κ3) is 6.16. The van der Waals surface area contributed by atoms with Crippen LogP contribution < -0.4 is 19.5 Å². The van der Waals surface area contributed by atoms with Crippen molar-refractivity contribution in [2.24, 2.45) is 15.2 Å². The Labute approximate surface area is 201 Å². The summed E-state index contributed by atoms with van der Waals surface area (Å²) in [6.07, 6.45) is 1.49. The van der Waals surface area contributed by atoms with Crippen molar-refractivity contribution in [3.63, 3.8) is 0 Å². The summed E-state index contributed by atoms with van der Waals surface area (Å²) in [4.78, 5) is 21.4. The number of nitrogens with zero attached hydrogens (tertiary/aromatic N) is 4. The molecule has 4 rings (SSSR count). The molecule has 0 unspecified atom stereocenters. The molecule has 9 nitrogen and oxygen atoms in total. The van der Waals surface area contributed by atoms with Gasteiger partial charge in [-0.3, -0.25) is 10.1 Å². The molecule has 3 aromatic rings. The van der Waals surface area contributed by atoms with Gasteiger partial charge in [0.05, 0.1) is 18.4 Å². The van der Waals surface area contributed by atoms with Gasteiger partial charge in [0.1, 0.15) is 17.2 Å². The smallest absolute Gasteiger partial charge is 0.257 e. The van der Waals surface area contributed by atoms with Crippen LogP contribution in [-0.4, -0.2) is 35.6 Å². The Balaban J connectivity index is 1.46. The summed E-state index contributed by atoms with van der Waals surface area (Å²) in [7, 11) is 0. The number of hydrogen-bond acceptors (Lipinski definition) is 9. The quantitative estimate of drug-likeness (QED) is 0.409. The molecule has 10 heteroatoms. The second kappa shape index (κ2) is 10.4. The predicted molar refractivity (Wildman–Crippen MR) is 131 cm³/mol. The zero-order valence-electron chi connectivity index (χ0n) is 19.3. The number of aliphatic imine (C=N–C) groups is 1. The number of anilines is 1. The predicted octanol–water partition coefficient (Wildman–Crippen LogP) is 5.93. The van der Waals surface area contributed by atoms with Crippen molar-refractivity contribution >= 4 is 28.2 Å². The van der Waals surface area contributed by atoms with Gasteiger partial charge in [0.25, 0.3) is 5.91 Å². The minimum Gasteiger partial charge on any atom is -0.491 e. The number of carbonyl (C=O) groups is 1. The van der Waals surface area contributed by atoms with E-state index >= 15 is 0 Å². The number of ether oxygens (including phenoxy) is 3.